The predicted octanol–water partition coefficient (Wildman–Crippen LogP) is 2.72. The van der Waals surface area contributed by atoms with Gasteiger partial charge in [0.05, 0.1) is 67.1 Å². The molecule has 0 unspecified atom stereocenters. The maximum Gasteiger partial charge on any atom is 0.331 e. The highest BCUT2D eigenvalue weighted by atomic mass is 16.8. The molecule has 0 aromatic heterocycles. The van der Waals surface area contributed by atoms with Gasteiger partial charge in [-0.15, -0.1) is 0 Å². The Balaban J connectivity index is 0.698. The number of carbonyl (C=O) groups excluding carboxylic acids is 2. The van der Waals surface area contributed by atoms with E-state index in [9.17, 15) is 50.4 Å². The molecule has 4 aliphatic carbocycles. The van der Waals surface area contributed by atoms with E-state index in [0.717, 1.165) is 5.56 Å². The average molecular weight is 1210 g/mol. The largest absolute Gasteiger partial charge is 0.458 e. The molecule has 0 amide bonds. The lowest BCUT2D eigenvalue weighted by Gasteiger charge is -2.68. The van der Waals surface area contributed by atoms with Crippen LogP contribution in [0.15, 0.2) is 36.4 Å². The van der Waals surface area contributed by atoms with Crippen LogP contribution in [0.3, 0.4) is 0 Å². The summed E-state index contributed by atoms with van der Waals surface area (Å²) in [6, 6.07) is 9.43. The summed E-state index contributed by atoms with van der Waals surface area (Å²) in [5, 5.41) is 89.7. The summed E-state index contributed by atoms with van der Waals surface area (Å²) in [6.07, 6.45) is -12.8. The van der Waals surface area contributed by atoms with Crippen molar-refractivity contribution in [3.8, 4) is 0 Å². The van der Waals surface area contributed by atoms with E-state index >= 15 is 0 Å². The topological polar surface area (TPSA) is 316 Å². The Hall–Kier alpha value is -2.70. The molecule has 1 aromatic rings. The number of carbonyl (C=O) groups is 2. The maximum atomic E-state index is 13.6. The molecule has 4 saturated carbocycles. The van der Waals surface area contributed by atoms with Gasteiger partial charge in [0.2, 0.25) is 0 Å². The molecule has 0 bridgehead atoms. The number of ketones is 1. The van der Waals surface area contributed by atoms with Crippen molar-refractivity contribution >= 4 is 17.8 Å². The molecule has 5 aliphatic heterocycles. The minimum absolute atomic E-state index is 0.00486. The SMILES string of the molecule is CO[C@H]1C[C@H](O[C@H]2CC[C@@]3(C)[C@@H](CC[C@]4(O)[C@@H]3C[C@@H](OC(=O)C=Cc3ccccc3)[C@]3(C)[C@H](C(C)=O)CC[C@@]34O)C2)O[C@H](C)[C@H]1O[C@H]1C[C@H](O)[C@H](O[C@H]2C[C@@H](O)[C@H](O[C@H]3C[C@H](OC)[C@H](O[C@@H]4O[C@H](CO)[C@@H](O)[C@H](O)[C@H]4O)[C@@H](C)O3)[C@@H](C)O2)[C@@H](C)O1. The third kappa shape index (κ3) is 12.5. The molecule has 8 N–H and O–H groups in total. The fourth-order valence-corrected chi connectivity index (χ4v) is 16.7. The van der Waals surface area contributed by atoms with Crippen molar-refractivity contribution in [3.63, 3.8) is 0 Å². The number of aliphatic hydroxyl groups is 8. The molecular formula is C62H94O23. The highest BCUT2D eigenvalue weighted by Gasteiger charge is 2.78. The Morgan fingerprint density at radius 3 is 1.72 bits per heavy atom. The molecule has 9 aliphatic rings. The van der Waals surface area contributed by atoms with Gasteiger partial charge in [-0.05, 0) is 115 Å². The maximum absolute atomic E-state index is 13.6. The van der Waals surface area contributed by atoms with Crippen LogP contribution in [-0.2, 0) is 71.2 Å². The molecule has 0 spiro atoms. The predicted molar refractivity (Wildman–Crippen MR) is 297 cm³/mol. The van der Waals surface area contributed by atoms with Gasteiger partial charge in [-0.25, -0.2) is 4.79 Å². The lowest BCUT2D eigenvalue weighted by Crippen LogP contribution is -2.76. The van der Waals surface area contributed by atoms with Crippen molar-refractivity contribution in [2.24, 2.45) is 28.6 Å². The average Bonchev–Trinajstić information content (AvgIpc) is 1.65. The molecule has 9 fully saturated rings. The summed E-state index contributed by atoms with van der Waals surface area (Å²) in [7, 11) is 3.08. The van der Waals surface area contributed by atoms with Crippen LogP contribution >= 0.6 is 0 Å². The smallest absolute Gasteiger partial charge is 0.331 e. The second-order valence-corrected chi connectivity index (χ2v) is 26.3. The number of fused-ring (bicyclic) bond motifs is 5. The van der Waals surface area contributed by atoms with E-state index in [2.05, 4.69) is 6.92 Å². The van der Waals surface area contributed by atoms with Crippen molar-refractivity contribution in [1.82, 2.24) is 0 Å². The second kappa shape index (κ2) is 26.3. The first-order valence-electron chi connectivity index (χ1n) is 30.9. The summed E-state index contributed by atoms with van der Waals surface area (Å²) >= 11 is 0. The van der Waals surface area contributed by atoms with Gasteiger partial charge in [0.25, 0.3) is 0 Å². The number of Topliss-reactive ketones (excluding diaryl/α,β-unsaturated/α-hetero) is 1. The fraction of sp³-hybridized carbons (Fsp3) is 0.839. The van der Waals surface area contributed by atoms with E-state index in [4.69, 9.17) is 61.6 Å². The van der Waals surface area contributed by atoms with Crippen LogP contribution < -0.4 is 0 Å². The zero-order chi connectivity index (χ0) is 61.1. The van der Waals surface area contributed by atoms with Gasteiger partial charge in [-0.2, -0.15) is 0 Å². The van der Waals surface area contributed by atoms with E-state index in [1.54, 1.807) is 34.0 Å². The number of hydrogen-bond donors (Lipinski definition) is 8. The number of aliphatic hydroxyl groups excluding tert-OH is 6. The highest BCUT2D eigenvalue weighted by Crippen LogP contribution is 2.71. The normalized spacial score (nSPS) is 50.2. The summed E-state index contributed by atoms with van der Waals surface area (Å²) in [6.45, 7) is 12.0. The Labute approximate surface area is 497 Å². The molecule has 10 rings (SSSR count). The van der Waals surface area contributed by atoms with Crippen molar-refractivity contribution < 1.29 is 112 Å². The van der Waals surface area contributed by atoms with E-state index < -0.39 is 182 Å². The van der Waals surface area contributed by atoms with Crippen molar-refractivity contribution in [3.05, 3.63) is 42.0 Å². The lowest BCUT2D eigenvalue weighted by atomic mass is 9.40. The van der Waals surface area contributed by atoms with Gasteiger partial charge in [0, 0.05) is 57.3 Å². The standard InChI is InChI=1S/C62H94O23/c1-30(64)38-19-22-62(72)60(38,7)45(81-46(67)16-15-35-13-11-10-12-14-35)28-44-59(6)20-18-37(23-36(59)17-21-61(44,62)71)79-49-26-41(73-8)56(33(4)77-49)84-48-25-40(66)54(31(2)76-48)82-47-24-39(65)55(32(3)75-47)83-50-27-42(74-9)57(34(5)78-50)85-58-53(70)52(69)51(68)43(29-63)80-58/h10-16,31-34,36-45,47-58,63,65-66,68-72H,17-29H2,1-9H3/t31-,32-,33-,34-,36+,37+,38+,39-,40+,41+,42+,43-,44-,45-,47+,48+,49+,50+,51-,52+,53-,54-,55-,56-,57-,58+,59+,60+,61+,62-/m1/s1. The van der Waals surface area contributed by atoms with Crippen molar-refractivity contribution in [2.75, 3.05) is 20.8 Å². The Bertz CT molecular complexity index is 2410. The van der Waals surface area contributed by atoms with Crippen LogP contribution in [0.2, 0.25) is 0 Å². The number of methoxy groups -OCH3 is 2. The van der Waals surface area contributed by atoms with Crippen LogP contribution in [0.25, 0.3) is 6.08 Å². The molecule has 1 aromatic carbocycles. The van der Waals surface area contributed by atoms with Crippen LogP contribution in [-0.4, -0.2) is 226 Å². The molecular weight excluding hydrogens is 1110 g/mol. The zero-order valence-electron chi connectivity index (χ0n) is 50.4. The van der Waals surface area contributed by atoms with Gasteiger partial charge in [0.1, 0.15) is 66.3 Å². The second-order valence-electron chi connectivity index (χ2n) is 26.3. The molecule has 85 heavy (non-hydrogen) atoms. The quantitative estimate of drug-likeness (QED) is 0.0632. The monoisotopic (exact) mass is 1210 g/mol. The van der Waals surface area contributed by atoms with Gasteiger partial charge in [0.15, 0.2) is 31.5 Å². The summed E-state index contributed by atoms with van der Waals surface area (Å²) in [4.78, 5) is 26.9. The van der Waals surface area contributed by atoms with Crippen molar-refractivity contribution in [1.29, 1.82) is 0 Å². The summed E-state index contributed by atoms with van der Waals surface area (Å²) in [5.41, 5.74) is -3.98. The minimum atomic E-state index is -1.67. The van der Waals surface area contributed by atoms with Crippen molar-refractivity contribution in [2.45, 2.75) is 278 Å². The highest BCUT2D eigenvalue weighted by molar-refractivity contribution is 5.87. The van der Waals surface area contributed by atoms with Gasteiger partial charge in [-0.1, -0.05) is 44.2 Å². The Morgan fingerprint density at radius 2 is 1.16 bits per heavy atom. The van der Waals surface area contributed by atoms with Crippen LogP contribution in [0.1, 0.15) is 131 Å². The first-order valence-corrected chi connectivity index (χ1v) is 30.9. The van der Waals surface area contributed by atoms with E-state index in [-0.39, 0.29) is 43.5 Å². The first-order chi connectivity index (χ1) is 40.3. The van der Waals surface area contributed by atoms with Crippen LogP contribution in [0, 0.1) is 28.6 Å². The number of esters is 1. The molecule has 0 radical (unpaired) electrons. The third-order valence-electron chi connectivity index (χ3n) is 21.5. The van der Waals surface area contributed by atoms with Gasteiger partial charge >= 0.3 is 5.97 Å². The Morgan fingerprint density at radius 1 is 0.624 bits per heavy atom. The lowest BCUT2D eigenvalue weighted by molar-refractivity contribution is -0.358. The van der Waals surface area contributed by atoms with E-state index in [1.807, 2.05) is 44.2 Å². The number of benzene rings is 1. The van der Waals surface area contributed by atoms with Gasteiger partial charge < -0.3 is 102 Å². The summed E-state index contributed by atoms with van der Waals surface area (Å²) < 4.78 is 80.8. The molecule has 23 nitrogen and oxygen atoms in total. The van der Waals surface area contributed by atoms with Gasteiger partial charge in [-0.3, -0.25) is 4.79 Å². The zero-order valence-corrected chi connectivity index (χ0v) is 50.4. The Kier molecular flexibility index (Phi) is 20.2. The van der Waals surface area contributed by atoms with Crippen LogP contribution in [0.5, 0.6) is 0 Å². The molecule has 5 saturated heterocycles. The summed E-state index contributed by atoms with van der Waals surface area (Å²) in [5.74, 6) is -1.55. The molecule has 480 valence electrons. The fourth-order valence-electron chi connectivity index (χ4n) is 16.7. The van der Waals surface area contributed by atoms with Crippen LogP contribution in [0.4, 0.5) is 0 Å². The first kappa shape index (κ1) is 65.3. The number of ether oxygens (including phenoxy) is 13. The van der Waals surface area contributed by atoms with E-state index in [0.29, 0.717) is 51.4 Å². The number of hydrogen-bond acceptors (Lipinski definition) is 23. The molecule has 23 heteroatoms. The molecule has 30 atom stereocenters. The molecule has 5 heterocycles. The third-order valence-corrected chi connectivity index (χ3v) is 21.5. The minimum Gasteiger partial charge on any atom is -0.458 e. The van der Waals surface area contributed by atoms with E-state index in [1.165, 1.54) is 20.1 Å². The number of rotatable bonds is 17.